The second kappa shape index (κ2) is 4.60. The van der Waals surface area contributed by atoms with Gasteiger partial charge in [-0.25, -0.2) is 0 Å². The molecule has 0 bridgehead atoms. The van der Waals surface area contributed by atoms with Crippen LogP contribution in [0, 0.1) is 0 Å². The standard InChI is InChI=1S/C11H23N3/c1-14-7-5-9(6-8-14)13-11-4-2-3-10(11)12/h9-11,13H,2-8,12H2,1H3/t10-,11-/m0/s1. The summed E-state index contributed by atoms with van der Waals surface area (Å²) in [5.74, 6) is 0. The molecule has 0 unspecified atom stereocenters. The fourth-order valence-corrected chi connectivity index (χ4v) is 2.67. The van der Waals surface area contributed by atoms with Gasteiger partial charge >= 0.3 is 0 Å². The van der Waals surface area contributed by atoms with E-state index >= 15 is 0 Å². The molecule has 1 aliphatic carbocycles. The predicted octanol–water partition coefficient (Wildman–Crippen LogP) is 0.550. The van der Waals surface area contributed by atoms with E-state index in [2.05, 4.69) is 17.3 Å². The zero-order valence-electron chi connectivity index (χ0n) is 9.21. The van der Waals surface area contributed by atoms with Crippen LogP contribution >= 0.6 is 0 Å². The first kappa shape index (κ1) is 10.4. The Hall–Kier alpha value is -0.120. The average Bonchev–Trinajstić information content (AvgIpc) is 2.56. The number of nitrogens with zero attached hydrogens (tertiary/aromatic N) is 1. The van der Waals surface area contributed by atoms with Crippen molar-refractivity contribution in [2.24, 2.45) is 5.73 Å². The number of hydrogen-bond acceptors (Lipinski definition) is 3. The maximum absolute atomic E-state index is 6.05. The molecule has 2 aliphatic rings. The Labute approximate surface area is 87.0 Å². The van der Waals surface area contributed by atoms with Gasteiger partial charge in [0.05, 0.1) is 0 Å². The first-order valence-electron chi connectivity index (χ1n) is 5.96. The van der Waals surface area contributed by atoms with Crippen LogP contribution in [0.5, 0.6) is 0 Å². The fraction of sp³-hybridized carbons (Fsp3) is 1.00. The maximum Gasteiger partial charge on any atom is 0.0221 e. The van der Waals surface area contributed by atoms with Crippen LogP contribution in [0.4, 0.5) is 0 Å². The van der Waals surface area contributed by atoms with Gasteiger partial charge in [-0.2, -0.15) is 0 Å². The molecule has 1 heterocycles. The highest BCUT2D eigenvalue weighted by atomic mass is 15.1. The van der Waals surface area contributed by atoms with Gasteiger partial charge in [0.15, 0.2) is 0 Å². The van der Waals surface area contributed by atoms with Crippen molar-refractivity contribution >= 4 is 0 Å². The monoisotopic (exact) mass is 197 g/mol. The molecule has 3 nitrogen and oxygen atoms in total. The number of rotatable bonds is 2. The third-order valence-corrected chi connectivity index (χ3v) is 3.74. The molecular weight excluding hydrogens is 174 g/mol. The molecule has 0 aromatic heterocycles. The van der Waals surface area contributed by atoms with Gasteiger partial charge in [0.25, 0.3) is 0 Å². The topological polar surface area (TPSA) is 41.3 Å². The van der Waals surface area contributed by atoms with Gasteiger partial charge in [-0.15, -0.1) is 0 Å². The zero-order valence-corrected chi connectivity index (χ0v) is 9.21. The van der Waals surface area contributed by atoms with E-state index in [1.54, 1.807) is 0 Å². The molecule has 0 amide bonds. The van der Waals surface area contributed by atoms with Gasteiger partial charge in [0, 0.05) is 18.1 Å². The number of hydrogen-bond donors (Lipinski definition) is 2. The third-order valence-electron chi connectivity index (χ3n) is 3.74. The Morgan fingerprint density at radius 3 is 2.43 bits per heavy atom. The van der Waals surface area contributed by atoms with E-state index in [1.165, 1.54) is 45.2 Å². The van der Waals surface area contributed by atoms with Gasteiger partial charge in [0.1, 0.15) is 0 Å². The molecule has 0 aromatic rings. The zero-order chi connectivity index (χ0) is 9.97. The molecule has 2 rings (SSSR count). The fourth-order valence-electron chi connectivity index (χ4n) is 2.67. The molecule has 3 N–H and O–H groups in total. The van der Waals surface area contributed by atoms with Crippen molar-refractivity contribution < 1.29 is 0 Å². The van der Waals surface area contributed by atoms with Crippen LogP contribution in [-0.4, -0.2) is 43.2 Å². The molecule has 3 heteroatoms. The molecule has 0 spiro atoms. The van der Waals surface area contributed by atoms with Gasteiger partial charge in [0.2, 0.25) is 0 Å². The van der Waals surface area contributed by atoms with E-state index in [0.29, 0.717) is 12.1 Å². The molecule has 2 atom stereocenters. The van der Waals surface area contributed by atoms with Crippen LogP contribution in [0.3, 0.4) is 0 Å². The number of piperidine rings is 1. The predicted molar refractivity (Wildman–Crippen MR) is 59.3 cm³/mol. The van der Waals surface area contributed by atoms with Crippen LogP contribution in [0.1, 0.15) is 32.1 Å². The molecule has 0 aromatic carbocycles. The molecule has 0 radical (unpaired) electrons. The van der Waals surface area contributed by atoms with Crippen molar-refractivity contribution in [2.75, 3.05) is 20.1 Å². The minimum Gasteiger partial charge on any atom is -0.326 e. The van der Waals surface area contributed by atoms with Crippen molar-refractivity contribution in [3.05, 3.63) is 0 Å². The Balaban J connectivity index is 1.74. The Kier molecular flexibility index (Phi) is 3.42. The Morgan fingerprint density at radius 2 is 1.86 bits per heavy atom. The summed E-state index contributed by atoms with van der Waals surface area (Å²) in [6.07, 6.45) is 6.39. The highest BCUT2D eigenvalue weighted by Crippen LogP contribution is 2.19. The van der Waals surface area contributed by atoms with E-state index in [4.69, 9.17) is 5.73 Å². The second-order valence-electron chi connectivity index (χ2n) is 4.95. The first-order valence-corrected chi connectivity index (χ1v) is 5.96. The van der Waals surface area contributed by atoms with Crippen LogP contribution < -0.4 is 11.1 Å². The first-order chi connectivity index (χ1) is 6.75. The van der Waals surface area contributed by atoms with E-state index in [9.17, 15) is 0 Å². The van der Waals surface area contributed by atoms with Crippen LogP contribution in [0.2, 0.25) is 0 Å². The molecule has 1 aliphatic heterocycles. The quantitative estimate of drug-likeness (QED) is 0.679. The summed E-state index contributed by atoms with van der Waals surface area (Å²) in [6, 6.07) is 1.73. The molecule has 14 heavy (non-hydrogen) atoms. The van der Waals surface area contributed by atoms with Crippen molar-refractivity contribution in [2.45, 2.75) is 50.2 Å². The summed E-state index contributed by atoms with van der Waals surface area (Å²) < 4.78 is 0. The molecule has 1 saturated heterocycles. The summed E-state index contributed by atoms with van der Waals surface area (Å²) >= 11 is 0. The highest BCUT2D eigenvalue weighted by Gasteiger charge is 2.27. The van der Waals surface area contributed by atoms with Crippen LogP contribution in [-0.2, 0) is 0 Å². The lowest BCUT2D eigenvalue weighted by Gasteiger charge is -2.32. The third kappa shape index (κ3) is 2.47. The van der Waals surface area contributed by atoms with Gasteiger partial charge in [-0.3, -0.25) is 0 Å². The minimum atomic E-state index is 0.412. The lowest BCUT2D eigenvalue weighted by molar-refractivity contribution is 0.221. The number of nitrogens with two attached hydrogens (primary N) is 1. The summed E-state index contributed by atoms with van der Waals surface area (Å²) in [4.78, 5) is 2.41. The normalized spacial score (nSPS) is 36.4. The number of nitrogens with one attached hydrogen (secondary N) is 1. The van der Waals surface area contributed by atoms with Gasteiger partial charge in [-0.05, 0) is 45.8 Å². The summed E-state index contributed by atoms with van der Waals surface area (Å²) in [6.45, 7) is 2.47. The van der Waals surface area contributed by atoms with Gasteiger partial charge in [-0.1, -0.05) is 6.42 Å². The van der Waals surface area contributed by atoms with Crippen molar-refractivity contribution in [1.82, 2.24) is 10.2 Å². The number of likely N-dealkylation sites (tertiary alicyclic amines) is 1. The largest absolute Gasteiger partial charge is 0.326 e. The SMILES string of the molecule is CN1CCC(N[C@H]2CCC[C@@H]2N)CC1. The lowest BCUT2D eigenvalue weighted by atomic mass is 10.0. The summed E-state index contributed by atoms with van der Waals surface area (Å²) in [5, 5.41) is 3.74. The maximum atomic E-state index is 6.05. The van der Waals surface area contributed by atoms with Crippen LogP contribution in [0.25, 0.3) is 0 Å². The van der Waals surface area contributed by atoms with Crippen molar-refractivity contribution in [1.29, 1.82) is 0 Å². The highest BCUT2D eigenvalue weighted by molar-refractivity contribution is 4.89. The Morgan fingerprint density at radius 1 is 1.14 bits per heavy atom. The van der Waals surface area contributed by atoms with E-state index in [0.717, 1.165) is 6.04 Å². The average molecular weight is 197 g/mol. The van der Waals surface area contributed by atoms with E-state index < -0.39 is 0 Å². The van der Waals surface area contributed by atoms with E-state index in [1.807, 2.05) is 0 Å². The van der Waals surface area contributed by atoms with Crippen molar-refractivity contribution in [3.8, 4) is 0 Å². The second-order valence-corrected chi connectivity index (χ2v) is 4.95. The summed E-state index contributed by atoms with van der Waals surface area (Å²) in [5.41, 5.74) is 6.05. The Bertz CT molecular complexity index is 175. The smallest absolute Gasteiger partial charge is 0.0221 e. The molecule has 2 fully saturated rings. The molecular formula is C11H23N3. The van der Waals surface area contributed by atoms with Gasteiger partial charge < -0.3 is 16.0 Å². The van der Waals surface area contributed by atoms with E-state index in [-0.39, 0.29) is 0 Å². The lowest BCUT2D eigenvalue weighted by Crippen LogP contribution is -2.49. The minimum absolute atomic E-state index is 0.412. The van der Waals surface area contributed by atoms with Crippen LogP contribution in [0.15, 0.2) is 0 Å². The van der Waals surface area contributed by atoms with Crippen molar-refractivity contribution in [3.63, 3.8) is 0 Å². The summed E-state index contributed by atoms with van der Waals surface area (Å²) in [7, 11) is 2.21. The molecule has 1 saturated carbocycles. The molecule has 82 valence electrons.